The van der Waals surface area contributed by atoms with E-state index in [1.165, 1.54) is 0 Å². The monoisotopic (exact) mass is 241 g/mol. The number of nitrogens with one attached hydrogen (secondary N) is 2. The minimum Gasteiger partial charge on any atom is -0.329 e. The van der Waals surface area contributed by atoms with Gasteiger partial charge < -0.3 is 5.32 Å². The molecule has 2 N–H and O–H groups in total. The number of carbonyl (C=O) groups excluding carboxylic acids is 1. The summed E-state index contributed by atoms with van der Waals surface area (Å²) < 4.78 is 1.73. The maximum atomic E-state index is 10.5. The van der Waals surface area contributed by atoms with Crippen LogP contribution in [-0.4, -0.2) is 26.4 Å². The number of amides is 1. The fourth-order valence-electron chi connectivity index (χ4n) is 1.91. The van der Waals surface area contributed by atoms with Crippen LogP contribution in [0.15, 0.2) is 30.5 Å². The van der Waals surface area contributed by atoms with Gasteiger partial charge in [-0.05, 0) is 24.3 Å². The molecule has 1 amide bonds. The number of H-pyrrole nitrogens is 1. The Morgan fingerprint density at radius 1 is 1.39 bits per heavy atom. The average Bonchev–Trinajstić information content (AvgIpc) is 2.95. The maximum absolute atomic E-state index is 10.5. The van der Waals surface area contributed by atoms with E-state index >= 15 is 0 Å². The molecule has 0 atom stereocenters. The van der Waals surface area contributed by atoms with E-state index in [0.717, 1.165) is 28.0 Å². The second-order valence-electron chi connectivity index (χ2n) is 3.97. The van der Waals surface area contributed by atoms with Gasteiger partial charge in [0.2, 0.25) is 6.41 Å². The van der Waals surface area contributed by atoms with Gasteiger partial charge in [0.05, 0.1) is 5.52 Å². The molecule has 0 radical (unpaired) electrons. The van der Waals surface area contributed by atoms with Crippen molar-refractivity contribution < 1.29 is 4.79 Å². The van der Waals surface area contributed by atoms with Gasteiger partial charge in [-0.2, -0.15) is 10.2 Å². The number of aryl methyl sites for hydroxylation is 1. The molecule has 0 aliphatic rings. The maximum Gasteiger partial charge on any atom is 0.211 e. The van der Waals surface area contributed by atoms with Crippen LogP contribution in [0.1, 0.15) is 0 Å². The van der Waals surface area contributed by atoms with Gasteiger partial charge in [-0.15, -0.1) is 0 Å². The summed E-state index contributed by atoms with van der Waals surface area (Å²) in [5.74, 6) is 0. The van der Waals surface area contributed by atoms with Gasteiger partial charge in [-0.25, -0.2) is 0 Å². The summed E-state index contributed by atoms with van der Waals surface area (Å²) >= 11 is 0. The molecule has 6 nitrogen and oxygen atoms in total. The first-order chi connectivity index (χ1) is 8.78. The number of rotatable bonds is 3. The van der Waals surface area contributed by atoms with Crippen molar-refractivity contribution in [3.63, 3.8) is 0 Å². The summed E-state index contributed by atoms with van der Waals surface area (Å²) in [5, 5.41) is 15.1. The van der Waals surface area contributed by atoms with Gasteiger partial charge in [0.25, 0.3) is 0 Å². The van der Waals surface area contributed by atoms with Crippen molar-refractivity contribution in [3.8, 4) is 11.4 Å². The van der Waals surface area contributed by atoms with E-state index in [4.69, 9.17) is 0 Å². The number of aromatic nitrogens is 4. The molecular weight excluding hydrogens is 230 g/mol. The Kier molecular flexibility index (Phi) is 2.33. The topological polar surface area (TPSA) is 75.6 Å². The Morgan fingerprint density at radius 2 is 2.28 bits per heavy atom. The second kappa shape index (κ2) is 3.99. The van der Waals surface area contributed by atoms with Gasteiger partial charge in [0, 0.05) is 24.3 Å². The Hall–Kier alpha value is -2.63. The van der Waals surface area contributed by atoms with Crippen molar-refractivity contribution in [2.45, 2.75) is 0 Å². The summed E-state index contributed by atoms with van der Waals surface area (Å²) in [6, 6.07) is 7.46. The van der Waals surface area contributed by atoms with E-state index in [-0.39, 0.29) is 0 Å². The fraction of sp³-hybridized carbons (Fsp3) is 0.0833. The third-order valence-corrected chi connectivity index (χ3v) is 2.74. The summed E-state index contributed by atoms with van der Waals surface area (Å²) in [4.78, 5) is 10.5. The molecule has 0 saturated heterocycles. The van der Waals surface area contributed by atoms with Crippen molar-refractivity contribution >= 4 is 23.0 Å². The zero-order chi connectivity index (χ0) is 12.5. The number of aromatic amines is 1. The highest BCUT2D eigenvalue weighted by molar-refractivity contribution is 5.95. The van der Waals surface area contributed by atoms with E-state index in [1.807, 2.05) is 37.5 Å². The summed E-state index contributed by atoms with van der Waals surface area (Å²) in [5.41, 5.74) is 3.22. The Bertz CT molecular complexity index is 712. The first-order valence-corrected chi connectivity index (χ1v) is 5.46. The van der Waals surface area contributed by atoms with Crippen molar-refractivity contribution in [3.05, 3.63) is 30.5 Å². The molecular formula is C12H11N5O. The minimum atomic E-state index is 0.654. The van der Waals surface area contributed by atoms with Gasteiger partial charge in [-0.1, -0.05) is 0 Å². The molecule has 0 aliphatic carbocycles. The molecule has 2 heterocycles. The van der Waals surface area contributed by atoms with Crippen LogP contribution in [0.25, 0.3) is 22.3 Å². The highest BCUT2D eigenvalue weighted by atomic mass is 16.1. The highest BCUT2D eigenvalue weighted by Gasteiger charge is 2.10. The van der Waals surface area contributed by atoms with Gasteiger partial charge in [0.1, 0.15) is 11.4 Å². The first-order valence-electron chi connectivity index (χ1n) is 5.46. The number of hydrogen-bond donors (Lipinski definition) is 2. The van der Waals surface area contributed by atoms with Crippen LogP contribution >= 0.6 is 0 Å². The van der Waals surface area contributed by atoms with Crippen LogP contribution < -0.4 is 5.32 Å². The van der Waals surface area contributed by atoms with Crippen LogP contribution in [0.5, 0.6) is 0 Å². The summed E-state index contributed by atoms with van der Waals surface area (Å²) in [7, 11) is 1.86. The van der Waals surface area contributed by atoms with Crippen molar-refractivity contribution in [2.75, 3.05) is 5.32 Å². The summed E-state index contributed by atoms with van der Waals surface area (Å²) in [6.45, 7) is 0. The smallest absolute Gasteiger partial charge is 0.211 e. The number of fused-ring (bicyclic) bond motifs is 1. The third kappa shape index (κ3) is 1.64. The van der Waals surface area contributed by atoms with Crippen LogP contribution in [0.2, 0.25) is 0 Å². The first kappa shape index (κ1) is 10.5. The molecule has 6 heteroatoms. The Labute approximate surface area is 103 Å². The predicted octanol–water partition coefficient (Wildman–Crippen LogP) is 1.53. The lowest BCUT2D eigenvalue weighted by Gasteiger charge is -1.98. The van der Waals surface area contributed by atoms with Gasteiger partial charge in [0.15, 0.2) is 0 Å². The van der Waals surface area contributed by atoms with Crippen molar-refractivity contribution in [2.24, 2.45) is 7.05 Å². The molecule has 90 valence electrons. The lowest BCUT2D eigenvalue weighted by atomic mass is 10.1. The zero-order valence-electron chi connectivity index (χ0n) is 9.71. The van der Waals surface area contributed by atoms with Crippen LogP contribution in [0.4, 0.5) is 5.69 Å². The van der Waals surface area contributed by atoms with E-state index in [2.05, 4.69) is 20.6 Å². The number of nitrogens with zero attached hydrogens (tertiary/aromatic N) is 3. The van der Waals surface area contributed by atoms with E-state index in [9.17, 15) is 4.79 Å². The molecule has 0 spiro atoms. The largest absolute Gasteiger partial charge is 0.329 e. The second-order valence-corrected chi connectivity index (χ2v) is 3.97. The zero-order valence-corrected chi connectivity index (χ0v) is 9.71. The van der Waals surface area contributed by atoms with Crippen molar-refractivity contribution in [1.29, 1.82) is 0 Å². The van der Waals surface area contributed by atoms with Gasteiger partial charge >= 0.3 is 0 Å². The SMILES string of the molecule is Cn1ccc(-c2n[nH]c3ccc(NC=O)cc23)n1. The molecule has 18 heavy (non-hydrogen) atoms. The molecule has 0 unspecified atom stereocenters. The van der Waals surface area contributed by atoms with Crippen molar-refractivity contribution in [1.82, 2.24) is 20.0 Å². The Balaban J connectivity index is 2.17. The normalized spacial score (nSPS) is 10.7. The minimum absolute atomic E-state index is 0.654. The van der Waals surface area contributed by atoms with Gasteiger partial charge in [-0.3, -0.25) is 14.6 Å². The molecule has 3 rings (SSSR count). The van der Waals surface area contributed by atoms with E-state index in [1.54, 1.807) is 4.68 Å². The average molecular weight is 241 g/mol. The summed E-state index contributed by atoms with van der Waals surface area (Å²) in [6.07, 6.45) is 2.52. The predicted molar refractivity (Wildman–Crippen MR) is 68.0 cm³/mol. The lowest BCUT2D eigenvalue weighted by molar-refractivity contribution is -0.105. The fourth-order valence-corrected chi connectivity index (χ4v) is 1.91. The highest BCUT2D eigenvalue weighted by Crippen LogP contribution is 2.27. The van der Waals surface area contributed by atoms with Crippen LogP contribution in [-0.2, 0) is 11.8 Å². The molecule has 0 saturated carbocycles. The molecule has 1 aromatic carbocycles. The van der Waals surface area contributed by atoms with E-state index < -0.39 is 0 Å². The quantitative estimate of drug-likeness (QED) is 0.683. The molecule has 3 aromatic rings. The van der Waals surface area contributed by atoms with E-state index in [0.29, 0.717) is 6.41 Å². The number of carbonyl (C=O) groups is 1. The third-order valence-electron chi connectivity index (χ3n) is 2.74. The number of hydrogen-bond acceptors (Lipinski definition) is 3. The Morgan fingerprint density at radius 3 is 3.00 bits per heavy atom. The molecule has 2 aromatic heterocycles. The lowest BCUT2D eigenvalue weighted by Crippen LogP contribution is -1.92. The molecule has 0 aliphatic heterocycles. The molecule has 0 fully saturated rings. The molecule has 0 bridgehead atoms. The van der Waals surface area contributed by atoms with Crippen LogP contribution in [0.3, 0.4) is 0 Å². The number of benzene rings is 1. The van der Waals surface area contributed by atoms with Crippen LogP contribution in [0, 0.1) is 0 Å². The standard InChI is InChI=1S/C12H11N5O/c1-17-5-4-11(16-17)12-9-6-8(13-7-18)2-3-10(9)14-15-12/h2-7H,1H3,(H,13,18)(H,14,15). The number of anilines is 1.